The average Bonchev–Trinajstić information content (AvgIpc) is 3.28. The number of ether oxygens (including phenoxy) is 1. The van der Waals surface area contributed by atoms with Gasteiger partial charge < -0.3 is 15.4 Å². The van der Waals surface area contributed by atoms with E-state index >= 15 is 0 Å². The lowest BCUT2D eigenvalue weighted by Crippen LogP contribution is -2.20. The molecule has 150 valence electrons. The molecule has 0 saturated carbocycles. The number of carbonyl (C=O) groups excluding carboxylic acids is 1. The largest absolute Gasteiger partial charge is 0.457 e. The highest BCUT2D eigenvalue weighted by molar-refractivity contribution is 14.1. The molecule has 2 N–H and O–H groups in total. The van der Waals surface area contributed by atoms with Crippen LogP contribution < -0.4 is 15.4 Å². The van der Waals surface area contributed by atoms with E-state index in [2.05, 4.69) is 43.2 Å². The molecule has 30 heavy (non-hydrogen) atoms. The number of hydrogen-bond acceptors (Lipinski definition) is 5. The molecule has 2 heterocycles. The SMILES string of the molecule is O=C(/C=C/c1cccc(Oc2ccnc(C3=NCCN3)c2)c1)Nc1cccc(I)c1. The van der Waals surface area contributed by atoms with Crippen LogP contribution in [0.25, 0.3) is 6.08 Å². The number of amides is 1. The van der Waals surface area contributed by atoms with Gasteiger partial charge in [-0.3, -0.25) is 14.8 Å². The van der Waals surface area contributed by atoms with Gasteiger partial charge in [0.2, 0.25) is 5.91 Å². The molecule has 1 aromatic heterocycles. The van der Waals surface area contributed by atoms with Crippen molar-refractivity contribution in [1.29, 1.82) is 0 Å². The van der Waals surface area contributed by atoms with Gasteiger partial charge in [-0.05, 0) is 70.6 Å². The number of amidine groups is 1. The van der Waals surface area contributed by atoms with E-state index in [-0.39, 0.29) is 5.91 Å². The maximum atomic E-state index is 12.2. The number of nitrogens with one attached hydrogen (secondary N) is 2. The third-order valence-corrected chi connectivity index (χ3v) is 4.93. The Kier molecular flexibility index (Phi) is 6.38. The van der Waals surface area contributed by atoms with Gasteiger partial charge in [0, 0.05) is 34.1 Å². The molecule has 0 bridgehead atoms. The molecule has 0 spiro atoms. The van der Waals surface area contributed by atoms with Crippen LogP contribution in [0.4, 0.5) is 5.69 Å². The molecular weight excluding hydrogens is 491 g/mol. The maximum Gasteiger partial charge on any atom is 0.248 e. The highest BCUT2D eigenvalue weighted by atomic mass is 127. The number of benzene rings is 2. The summed E-state index contributed by atoms with van der Waals surface area (Å²) in [6.45, 7) is 1.58. The van der Waals surface area contributed by atoms with Crippen LogP contribution in [0.5, 0.6) is 11.5 Å². The first-order valence-corrected chi connectivity index (χ1v) is 10.5. The van der Waals surface area contributed by atoms with Crippen molar-refractivity contribution in [3.05, 3.63) is 87.8 Å². The monoisotopic (exact) mass is 510 g/mol. The fourth-order valence-corrected chi connectivity index (χ4v) is 3.46. The minimum Gasteiger partial charge on any atom is -0.457 e. The van der Waals surface area contributed by atoms with Crippen molar-refractivity contribution in [3.8, 4) is 11.5 Å². The van der Waals surface area contributed by atoms with E-state index < -0.39 is 0 Å². The molecule has 4 rings (SSSR count). The van der Waals surface area contributed by atoms with Gasteiger partial charge in [0.15, 0.2) is 0 Å². The van der Waals surface area contributed by atoms with E-state index in [1.54, 1.807) is 18.3 Å². The minimum absolute atomic E-state index is 0.188. The van der Waals surface area contributed by atoms with Gasteiger partial charge in [-0.15, -0.1) is 0 Å². The third-order valence-electron chi connectivity index (χ3n) is 4.26. The van der Waals surface area contributed by atoms with Gasteiger partial charge in [-0.2, -0.15) is 0 Å². The first kappa shape index (κ1) is 20.1. The fourth-order valence-electron chi connectivity index (χ4n) is 2.91. The lowest BCUT2D eigenvalue weighted by molar-refractivity contribution is -0.111. The van der Waals surface area contributed by atoms with Crippen LogP contribution in [0.3, 0.4) is 0 Å². The van der Waals surface area contributed by atoms with Crippen molar-refractivity contribution in [3.63, 3.8) is 0 Å². The van der Waals surface area contributed by atoms with E-state index in [4.69, 9.17) is 4.74 Å². The van der Waals surface area contributed by atoms with E-state index in [0.717, 1.165) is 39.4 Å². The Hall–Kier alpha value is -3.20. The van der Waals surface area contributed by atoms with Crippen molar-refractivity contribution in [2.24, 2.45) is 4.99 Å². The van der Waals surface area contributed by atoms with Crippen LogP contribution >= 0.6 is 22.6 Å². The van der Waals surface area contributed by atoms with Crippen LogP contribution in [0.15, 0.2) is 77.9 Å². The number of anilines is 1. The minimum atomic E-state index is -0.188. The molecule has 0 atom stereocenters. The summed E-state index contributed by atoms with van der Waals surface area (Å²) in [6.07, 6.45) is 4.96. The first-order chi connectivity index (χ1) is 14.7. The summed E-state index contributed by atoms with van der Waals surface area (Å²) >= 11 is 2.21. The van der Waals surface area contributed by atoms with Crippen LogP contribution in [0.1, 0.15) is 11.3 Å². The van der Waals surface area contributed by atoms with Crippen LogP contribution in [0, 0.1) is 3.57 Å². The number of aromatic nitrogens is 1. The second kappa shape index (κ2) is 9.53. The topological polar surface area (TPSA) is 75.6 Å². The Labute approximate surface area is 188 Å². The number of aliphatic imine (C=N–C) groups is 1. The number of hydrogen-bond donors (Lipinski definition) is 2. The number of halogens is 1. The molecule has 3 aromatic rings. The number of rotatable bonds is 6. The predicted octanol–water partition coefficient (Wildman–Crippen LogP) is 4.48. The Morgan fingerprint density at radius 3 is 2.80 bits per heavy atom. The van der Waals surface area contributed by atoms with E-state index in [1.165, 1.54) is 6.08 Å². The summed E-state index contributed by atoms with van der Waals surface area (Å²) in [5.74, 6) is 1.95. The summed E-state index contributed by atoms with van der Waals surface area (Å²) in [6, 6.07) is 18.9. The lowest BCUT2D eigenvalue weighted by Gasteiger charge is -2.08. The highest BCUT2D eigenvalue weighted by Gasteiger charge is 2.10. The molecule has 0 saturated heterocycles. The normalized spacial score (nSPS) is 13.0. The molecule has 2 aromatic carbocycles. The van der Waals surface area contributed by atoms with Crippen molar-refractivity contribution in [1.82, 2.24) is 10.3 Å². The molecule has 0 aliphatic carbocycles. The molecule has 0 unspecified atom stereocenters. The Balaban J connectivity index is 1.42. The van der Waals surface area contributed by atoms with E-state index in [9.17, 15) is 4.79 Å². The number of nitrogens with zero attached hydrogens (tertiary/aromatic N) is 2. The quantitative estimate of drug-likeness (QED) is 0.379. The zero-order valence-corrected chi connectivity index (χ0v) is 18.2. The van der Waals surface area contributed by atoms with Gasteiger partial charge in [0.05, 0.1) is 6.54 Å². The van der Waals surface area contributed by atoms with Gasteiger partial charge in [0.1, 0.15) is 23.0 Å². The van der Waals surface area contributed by atoms with Crippen molar-refractivity contribution >= 4 is 46.1 Å². The Morgan fingerprint density at radius 1 is 1.10 bits per heavy atom. The average molecular weight is 510 g/mol. The summed E-state index contributed by atoms with van der Waals surface area (Å²) in [4.78, 5) is 20.9. The Morgan fingerprint density at radius 2 is 1.97 bits per heavy atom. The zero-order valence-electron chi connectivity index (χ0n) is 16.0. The summed E-state index contributed by atoms with van der Waals surface area (Å²) in [5.41, 5.74) is 2.39. The second-order valence-corrected chi connectivity index (χ2v) is 7.79. The molecule has 1 aliphatic heterocycles. The molecule has 0 fully saturated rings. The molecule has 6 nitrogen and oxygen atoms in total. The third kappa shape index (κ3) is 5.44. The summed E-state index contributed by atoms with van der Waals surface area (Å²) < 4.78 is 7.04. The fraction of sp³-hybridized carbons (Fsp3) is 0.0870. The van der Waals surface area contributed by atoms with E-state index in [0.29, 0.717) is 11.5 Å². The molecule has 0 radical (unpaired) electrons. The van der Waals surface area contributed by atoms with Crippen molar-refractivity contribution < 1.29 is 9.53 Å². The van der Waals surface area contributed by atoms with Crippen LogP contribution in [-0.4, -0.2) is 29.8 Å². The standard InChI is InChI=1S/C23H19IN4O2/c24-17-4-2-5-18(14-17)28-22(29)8-7-16-3-1-6-19(13-16)30-20-9-10-25-21(15-20)23-26-11-12-27-23/h1-10,13-15H,11-12H2,(H,26,27)(H,28,29)/b8-7+. The van der Waals surface area contributed by atoms with Gasteiger partial charge in [0.25, 0.3) is 0 Å². The smallest absolute Gasteiger partial charge is 0.248 e. The van der Waals surface area contributed by atoms with Crippen molar-refractivity contribution in [2.45, 2.75) is 0 Å². The van der Waals surface area contributed by atoms with Crippen LogP contribution in [-0.2, 0) is 4.79 Å². The molecule has 1 aliphatic rings. The molecular formula is C23H19IN4O2. The first-order valence-electron chi connectivity index (χ1n) is 9.43. The summed E-state index contributed by atoms with van der Waals surface area (Å²) in [7, 11) is 0. The lowest BCUT2D eigenvalue weighted by atomic mass is 10.2. The zero-order chi connectivity index (χ0) is 20.8. The molecule has 7 heteroatoms. The van der Waals surface area contributed by atoms with Crippen molar-refractivity contribution in [2.75, 3.05) is 18.4 Å². The van der Waals surface area contributed by atoms with Gasteiger partial charge in [-0.1, -0.05) is 18.2 Å². The summed E-state index contributed by atoms with van der Waals surface area (Å²) in [5, 5.41) is 6.06. The van der Waals surface area contributed by atoms with Gasteiger partial charge in [-0.25, -0.2) is 0 Å². The maximum absolute atomic E-state index is 12.2. The molecule has 1 amide bonds. The second-order valence-electron chi connectivity index (χ2n) is 6.54. The number of carbonyl (C=O) groups is 1. The predicted molar refractivity (Wildman–Crippen MR) is 127 cm³/mol. The Bertz CT molecular complexity index is 1130. The highest BCUT2D eigenvalue weighted by Crippen LogP contribution is 2.23. The number of pyridine rings is 1. The van der Waals surface area contributed by atoms with Gasteiger partial charge >= 0.3 is 0 Å². The van der Waals surface area contributed by atoms with Crippen LogP contribution in [0.2, 0.25) is 0 Å². The van der Waals surface area contributed by atoms with E-state index in [1.807, 2.05) is 54.6 Å².